The average Bonchev–Trinajstić information content (AvgIpc) is 2.26. The van der Waals surface area contributed by atoms with E-state index < -0.39 is 11.7 Å². The summed E-state index contributed by atoms with van der Waals surface area (Å²) in [5, 5.41) is 2.81. The topological polar surface area (TPSA) is 38.3 Å². The Labute approximate surface area is 109 Å². The van der Waals surface area contributed by atoms with Crippen LogP contribution in [0.4, 0.5) is 4.79 Å². The van der Waals surface area contributed by atoms with Crippen molar-refractivity contribution in [3.05, 3.63) is 42.0 Å². The Hall–Kier alpha value is -1.77. The van der Waals surface area contributed by atoms with E-state index in [1.807, 2.05) is 52.0 Å². The summed E-state index contributed by atoms with van der Waals surface area (Å²) in [6.07, 6.45) is 1.38. The van der Waals surface area contributed by atoms with E-state index in [1.54, 1.807) is 6.08 Å². The first kappa shape index (κ1) is 14.3. The van der Waals surface area contributed by atoms with Crippen molar-refractivity contribution >= 4 is 12.2 Å². The maximum absolute atomic E-state index is 11.6. The van der Waals surface area contributed by atoms with Crippen molar-refractivity contribution in [1.82, 2.24) is 5.32 Å². The minimum Gasteiger partial charge on any atom is -0.444 e. The molecule has 3 heteroatoms. The number of hydrogen-bond acceptors (Lipinski definition) is 2. The Morgan fingerprint density at radius 1 is 1.44 bits per heavy atom. The highest BCUT2D eigenvalue weighted by molar-refractivity contribution is 5.68. The average molecular weight is 247 g/mol. The summed E-state index contributed by atoms with van der Waals surface area (Å²) in [4.78, 5) is 11.6. The standard InChI is InChI=1S/C15H21NO2/c1-6-12-8-7-9-13(10-12)11(2)16-14(17)18-15(3,4)5/h6-11H,1H2,2-5H3,(H,16,17). The monoisotopic (exact) mass is 247 g/mol. The first-order valence-electron chi connectivity index (χ1n) is 6.04. The normalized spacial score (nSPS) is 12.7. The molecule has 0 aliphatic rings. The first-order valence-corrected chi connectivity index (χ1v) is 6.04. The predicted octanol–water partition coefficient (Wildman–Crippen LogP) is 3.92. The number of benzene rings is 1. The molecular weight excluding hydrogens is 226 g/mol. The van der Waals surface area contributed by atoms with Gasteiger partial charge >= 0.3 is 6.09 Å². The molecule has 1 unspecified atom stereocenters. The van der Waals surface area contributed by atoms with Crippen molar-refractivity contribution in [2.75, 3.05) is 0 Å². The molecule has 0 radical (unpaired) electrons. The van der Waals surface area contributed by atoms with Crippen LogP contribution < -0.4 is 5.32 Å². The van der Waals surface area contributed by atoms with E-state index in [-0.39, 0.29) is 6.04 Å². The molecule has 1 amide bonds. The lowest BCUT2D eigenvalue weighted by Crippen LogP contribution is -2.34. The molecule has 0 aliphatic heterocycles. The van der Waals surface area contributed by atoms with Gasteiger partial charge in [-0.1, -0.05) is 30.9 Å². The fourth-order valence-corrected chi connectivity index (χ4v) is 1.52. The van der Waals surface area contributed by atoms with E-state index in [2.05, 4.69) is 11.9 Å². The van der Waals surface area contributed by atoms with Gasteiger partial charge in [0.15, 0.2) is 0 Å². The Morgan fingerprint density at radius 2 is 2.11 bits per heavy atom. The molecule has 0 saturated heterocycles. The third-order valence-corrected chi connectivity index (χ3v) is 2.38. The summed E-state index contributed by atoms with van der Waals surface area (Å²) in [5.74, 6) is 0. The fraction of sp³-hybridized carbons (Fsp3) is 0.400. The van der Waals surface area contributed by atoms with Gasteiger partial charge in [0.05, 0.1) is 6.04 Å². The van der Waals surface area contributed by atoms with E-state index in [0.717, 1.165) is 11.1 Å². The van der Waals surface area contributed by atoms with Crippen LogP contribution in [0.1, 0.15) is 44.9 Å². The number of ether oxygens (including phenoxy) is 1. The van der Waals surface area contributed by atoms with Crippen LogP contribution in [0.2, 0.25) is 0 Å². The molecule has 0 saturated carbocycles. The number of amides is 1. The van der Waals surface area contributed by atoms with Crippen LogP contribution in [0.25, 0.3) is 6.08 Å². The summed E-state index contributed by atoms with van der Waals surface area (Å²) in [6, 6.07) is 7.78. The fourth-order valence-electron chi connectivity index (χ4n) is 1.52. The van der Waals surface area contributed by atoms with Gasteiger partial charge < -0.3 is 10.1 Å². The lowest BCUT2D eigenvalue weighted by atomic mass is 10.1. The zero-order valence-electron chi connectivity index (χ0n) is 11.5. The second kappa shape index (κ2) is 5.71. The molecule has 0 heterocycles. The minimum absolute atomic E-state index is 0.0975. The van der Waals surface area contributed by atoms with Crippen LogP contribution in [0, 0.1) is 0 Å². The van der Waals surface area contributed by atoms with Crippen molar-refractivity contribution in [3.8, 4) is 0 Å². The highest BCUT2D eigenvalue weighted by Crippen LogP contribution is 2.16. The summed E-state index contributed by atoms with van der Waals surface area (Å²) in [5.41, 5.74) is 1.58. The van der Waals surface area contributed by atoms with Crippen LogP contribution in [0.5, 0.6) is 0 Å². The highest BCUT2D eigenvalue weighted by atomic mass is 16.6. The molecule has 1 aromatic carbocycles. The largest absolute Gasteiger partial charge is 0.444 e. The van der Waals surface area contributed by atoms with Gasteiger partial charge in [0.1, 0.15) is 5.60 Å². The minimum atomic E-state index is -0.479. The molecule has 1 atom stereocenters. The number of hydrogen-bond donors (Lipinski definition) is 1. The molecule has 18 heavy (non-hydrogen) atoms. The summed E-state index contributed by atoms with van der Waals surface area (Å²) in [7, 11) is 0. The molecule has 98 valence electrons. The van der Waals surface area contributed by atoms with E-state index in [9.17, 15) is 4.79 Å². The molecule has 1 N–H and O–H groups in total. The van der Waals surface area contributed by atoms with Gasteiger partial charge in [-0.2, -0.15) is 0 Å². The summed E-state index contributed by atoms with van der Waals surface area (Å²) < 4.78 is 5.22. The molecule has 1 aromatic rings. The molecule has 0 fully saturated rings. The Kier molecular flexibility index (Phi) is 4.54. The quantitative estimate of drug-likeness (QED) is 0.879. The smallest absolute Gasteiger partial charge is 0.408 e. The van der Waals surface area contributed by atoms with Crippen LogP contribution in [0.3, 0.4) is 0 Å². The molecule has 0 spiro atoms. The zero-order valence-corrected chi connectivity index (χ0v) is 11.5. The van der Waals surface area contributed by atoms with Gasteiger partial charge in [-0.15, -0.1) is 0 Å². The second-order valence-corrected chi connectivity index (χ2v) is 5.24. The van der Waals surface area contributed by atoms with Crippen LogP contribution >= 0.6 is 0 Å². The van der Waals surface area contributed by atoms with Gasteiger partial charge in [0.2, 0.25) is 0 Å². The van der Waals surface area contributed by atoms with Crippen molar-refractivity contribution in [3.63, 3.8) is 0 Å². The van der Waals surface area contributed by atoms with Crippen molar-refractivity contribution in [2.24, 2.45) is 0 Å². The van der Waals surface area contributed by atoms with E-state index >= 15 is 0 Å². The lowest BCUT2D eigenvalue weighted by Gasteiger charge is -2.22. The molecule has 1 rings (SSSR count). The Morgan fingerprint density at radius 3 is 2.67 bits per heavy atom. The van der Waals surface area contributed by atoms with Gasteiger partial charge in [-0.25, -0.2) is 4.79 Å². The first-order chi connectivity index (χ1) is 8.31. The van der Waals surface area contributed by atoms with Crippen LogP contribution in [0.15, 0.2) is 30.8 Å². The van der Waals surface area contributed by atoms with Gasteiger partial charge in [-0.05, 0) is 44.9 Å². The zero-order chi connectivity index (χ0) is 13.8. The lowest BCUT2D eigenvalue weighted by molar-refractivity contribution is 0.0508. The number of alkyl carbamates (subject to hydrolysis) is 1. The maximum Gasteiger partial charge on any atom is 0.408 e. The molecule has 0 aromatic heterocycles. The Bertz CT molecular complexity index is 432. The van der Waals surface area contributed by atoms with Gasteiger partial charge in [-0.3, -0.25) is 0 Å². The van der Waals surface area contributed by atoms with Gasteiger partial charge in [0, 0.05) is 0 Å². The maximum atomic E-state index is 11.6. The molecular formula is C15H21NO2. The van der Waals surface area contributed by atoms with E-state index in [1.165, 1.54) is 0 Å². The van der Waals surface area contributed by atoms with Crippen LogP contribution in [-0.4, -0.2) is 11.7 Å². The van der Waals surface area contributed by atoms with E-state index in [4.69, 9.17) is 4.74 Å². The van der Waals surface area contributed by atoms with E-state index in [0.29, 0.717) is 0 Å². The second-order valence-electron chi connectivity index (χ2n) is 5.24. The van der Waals surface area contributed by atoms with Crippen molar-refractivity contribution in [1.29, 1.82) is 0 Å². The van der Waals surface area contributed by atoms with Crippen molar-refractivity contribution in [2.45, 2.75) is 39.3 Å². The Balaban J connectivity index is 2.67. The van der Waals surface area contributed by atoms with Gasteiger partial charge in [0.25, 0.3) is 0 Å². The molecule has 0 aliphatic carbocycles. The summed E-state index contributed by atoms with van der Waals surface area (Å²) in [6.45, 7) is 11.2. The number of nitrogens with one attached hydrogen (secondary N) is 1. The third kappa shape index (κ3) is 4.62. The number of carbonyl (C=O) groups excluding carboxylic acids is 1. The summed E-state index contributed by atoms with van der Waals surface area (Å²) >= 11 is 0. The third-order valence-electron chi connectivity index (χ3n) is 2.38. The molecule has 3 nitrogen and oxygen atoms in total. The van der Waals surface area contributed by atoms with Crippen LogP contribution in [-0.2, 0) is 4.74 Å². The van der Waals surface area contributed by atoms with Crippen molar-refractivity contribution < 1.29 is 9.53 Å². The SMILES string of the molecule is C=Cc1cccc(C(C)NC(=O)OC(C)(C)C)c1. The molecule has 0 bridgehead atoms. The highest BCUT2D eigenvalue weighted by Gasteiger charge is 2.18. The predicted molar refractivity (Wildman–Crippen MR) is 74.3 cm³/mol. The number of rotatable bonds is 3. The number of carbonyl (C=O) groups is 1.